The Kier molecular flexibility index (Phi) is 3.35. The van der Waals surface area contributed by atoms with Gasteiger partial charge in [0.15, 0.2) is 0 Å². The van der Waals surface area contributed by atoms with Crippen LogP contribution >= 0.6 is 0 Å². The lowest BCUT2D eigenvalue weighted by Crippen LogP contribution is -2.27. The smallest absolute Gasteiger partial charge is 0.00324 e. The molecule has 0 N–H and O–H groups in total. The molecule has 0 aromatic carbocycles. The van der Waals surface area contributed by atoms with Gasteiger partial charge in [0.25, 0.3) is 0 Å². The molecule has 0 heterocycles. The Morgan fingerprint density at radius 1 is 1.31 bits per heavy atom. The lowest BCUT2D eigenvalue weighted by atomic mass is 9.68. The molecule has 0 nitrogen and oxygen atoms in total. The van der Waals surface area contributed by atoms with Crippen LogP contribution in [0.5, 0.6) is 0 Å². The number of hydrogen-bond acceptors (Lipinski definition) is 0. The summed E-state index contributed by atoms with van der Waals surface area (Å²) in [7, 11) is 0. The molecule has 0 unspecified atom stereocenters. The third-order valence-electron chi connectivity index (χ3n) is 3.71. The van der Waals surface area contributed by atoms with Crippen LogP contribution in [0.1, 0.15) is 47.0 Å². The summed E-state index contributed by atoms with van der Waals surface area (Å²) in [6.07, 6.45) is 10.7. The molecule has 0 aliphatic heterocycles. The van der Waals surface area contributed by atoms with Gasteiger partial charge in [-0.2, -0.15) is 0 Å². The Hall–Kier alpha value is -0.520. The van der Waals surface area contributed by atoms with Crippen LogP contribution in [0.3, 0.4) is 0 Å². The van der Waals surface area contributed by atoms with Gasteiger partial charge in [0.2, 0.25) is 0 Å². The minimum atomic E-state index is 0.438. The summed E-state index contributed by atoms with van der Waals surface area (Å²) < 4.78 is 0. The van der Waals surface area contributed by atoms with E-state index in [2.05, 4.69) is 45.9 Å². The van der Waals surface area contributed by atoms with Crippen LogP contribution in [0.15, 0.2) is 23.8 Å². The minimum absolute atomic E-state index is 0.438. The first-order chi connectivity index (χ1) is 6.17. The van der Waals surface area contributed by atoms with Crippen molar-refractivity contribution in [2.24, 2.45) is 11.3 Å². The predicted octanol–water partition coefficient (Wildman–Crippen LogP) is 4.34. The second-order valence-corrected chi connectivity index (χ2v) is 4.32. The number of hydrogen-bond donors (Lipinski definition) is 0. The summed E-state index contributed by atoms with van der Waals surface area (Å²) in [5, 5.41) is 0. The van der Waals surface area contributed by atoms with Gasteiger partial charge in [0.05, 0.1) is 0 Å². The van der Waals surface area contributed by atoms with Crippen LogP contribution in [0, 0.1) is 11.3 Å². The molecule has 1 aliphatic carbocycles. The van der Waals surface area contributed by atoms with Gasteiger partial charge in [-0.1, -0.05) is 45.9 Å². The lowest BCUT2D eigenvalue weighted by Gasteiger charge is -2.37. The van der Waals surface area contributed by atoms with Gasteiger partial charge in [-0.25, -0.2) is 0 Å². The average Bonchev–Trinajstić information content (AvgIpc) is 2.60. The molecule has 0 radical (unpaired) electrons. The molecule has 0 aromatic heterocycles. The van der Waals surface area contributed by atoms with Crippen molar-refractivity contribution in [2.75, 3.05) is 0 Å². The molecular formula is C13H22. The van der Waals surface area contributed by atoms with Crippen LogP contribution in [0.4, 0.5) is 0 Å². The second kappa shape index (κ2) is 4.13. The molecule has 0 saturated heterocycles. The van der Waals surface area contributed by atoms with Crippen LogP contribution < -0.4 is 0 Å². The highest BCUT2D eigenvalue weighted by Crippen LogP contribution is 2.44. The zero-order chi connectivity index (χ0) is 9.90. The van der Waals surface area contributed by atoms with E-state index in [-0.39, 0.29) is 0 Å². The standard InChI is InChI=1S/C13H22/c1-5-13(6-2,11(3)4)12-9-7-8-10-12/h7,9-11H,5-6,8H2,1-4H3. The third-order valence-corrected chi connectivity index (χ3v) is 3.71. The van der Waals surface area contributed by atoms with E-state index in [1.165, 1.54) is 12.8 Å². The van der Waals surface area contributed by atoms with Gasteiger partial charge >= 0.3 is 0 Å². The van der Waals surface area contributed by atoms with Gasteiger partial charge in [-0.3, -0.25) is 0 Å². The van der Waals surface area contributed by atoms with Crippen LogP contribution in [-0.2, 0) is 0 Å². The SMILES string of the molecule is CCC(CC)(C1=CCC=C1)C(C)C. The maximum absolute atomic E-state index is 2.40. The zero-order valence-electron chi connectivity index (χ0n) is 9.43. The summed E-state index contributed by atoms with van der Waals surface area (Å²) in [6.45, 7) is 9.33. The molecule has 13 heavy (non-hydrogen) atoms. The molecule has 0 bridgehead atoms. The molecule has 0 spiro atoms. The van der Waals surface area contributed by atoms with Crippen LogP contribution in [0.2, 0.25) is 0 Å². The summed E-state index contributed by atoms with van der Waals surface area (Å²) in [5.41, 5.74) is 2.01. The first kappa shape index (κ1) is 10.6. The fourth-order valence-corrected chi connectivity index (χ4v) is 2.64. The summed E-state index contributed by atoms with van der Waals surface area (Å²) in [4.78, 5) is 0. The van der Waals surface area contributed by atoms with Gasteiger partial charge in [0.1, 0.15) is 0 Å². The highest BCUT2D eigenvalue weighted by Gasteiger charge is 2.33. The molecule has 0 saturated carbocycles. The van der Waals surface area contributed by atoms with E-state index in [1.54, 1.807) is 5.57 Å². The van der Waals surface area contributed by atoms with Crippen molar-refractivity contribution in [1.29, 1.82) is 0 Å². The van der Waals surface area contributed by atoms with Gasteiger partial charge < -0.3 is 0 Å². The molecule has 0 amide bonds. The Bertz CT molecular complexity index is 214. The second-order valence-electron chi connectivity index (χ2n) is 4.32. The van der Waals surface area contributed by atoms with E-state index in [0.29, 0.717) is 5.41 Å². The van der Waals surface area contributed by atoms with Crippen molar-refractivity contribution in [3.63, 3.8) is 0 Å². The topological polar surface area (TPSA) is 0 Å². The molecule has 1 rings (SSSR count). The summed E-state index contributed by atoms with van der Waals surface area (Å²) in [6, 6.07) is 0. The fourth-order valence-electron chi connectivity index (χ4n) is 2.64. The lowest BCUT2D eigenvalue weighted by molar-refractivity contribution is 0.231. The Morgan fingerprint density at radius 3 is 2.23 bits per heavy atom. The number of allylic oxidation sites excluding steroid dienone is 4. The minimum Gasteiger partial charge on any atom is -0.0804 e. The third kappa shape index (κ3) is 1.72. The quantitative estimate of drug-likeness (QED) is 0.601. The molecule has 0 heteroatoms. The maximum atomic E-state index is 2.40. The normalized spacial score (nSPS) is 16.8. The molecule has 0 atom stereocenters. The highest BCUT2D eigenvalue weighted by atomic mass is 14.4. The van der Waals surface area contributed by atoms with Gasteiger partial charge in [-0.05, 0) is 36.2 Å². The van der Waals surface area contributed by atoms with E-state index in [4.69, 9.17) is 0 Å². The van der Waals surface area contributed by atoms with Gasteiger partial charge in [-0.15, -0.1) is 0 Å². The molecular weight excluding hydrogens is 156 g/mol. The Morgan fingerprint density at radius 2 is 1.92 bits per heavy atom. The monoisotopic (exact) mass is 178 g/mol. The van der Waals surface area contributed by atoms with Crippen LogP contribution in [0.25, 0.3) is 0 Å². The molecule has 0 aromatic rings. The fraction of sp³-hybridized carbons (Fsp3) is 0.692. The first-order valence-electron chi connectivity index (χ1n) is 5.54. The van der Waals surface area contributed by atoms with Crippen molar-refractivity contribution in [1.82, 2.24) is 0 Å². The van der Waals surface area contributed by atoms with Crippen LogP contribution in [-0.4, -0.2) is 0 Å². The highest BCUT2D eigenvalue weighted by molar-refractivity contribution is 5.33. The Labute approximate surface area is 82.7 Å². The Balaban J connectivity index is 2.94. The first-order valence-corrected chi connectivity index (χ1v) is 5.54. The van der Waals surface area contributed by atoms with E-state index in [1.807, 2.05) is 0 Å². The van der Waals surface area contributed by atoms with E-state index in [0.717, 1.165) is 12.3 Å². The molecule has 1 aliphatic rings. The van der Waals surface area contributed by atoms with Crippen molar-refractivity contribution in [2.45, 2.75) is 47.0 Å². The molecule has 74 valence electrons. The van der Waals surface area contributed by atoms with Crippen molar-refractivity contribution in [3.05, 3.63) is 23.8 Å². The van der Waals surface area contributed by atoms with Gasteiger partial charge in [0, 0.05) is 0 Å². The van der Waals surface area contributed by atoms with E-state index < -0.39 is 0 Å². The summed E-state index contributed by atoms with van der Waals surface area (Å²) in [5.74, 6) is 0.747. The van der Waals surface area contributed by atoms with E-state index >= 15 is 0 Å². The summed E-state index contributed by atoms with van der Waals surface area (Å²) >= 11 is 0. The average molecular weight is 178 g/mol. The molecule has 0 fully saturated rings. The predicted molar refractivity (Wildman–Crippen MR) is 59.7 cm³/mol. The number of rotatable bonds is 4. The maximum Gasteiger partial charge on any atom is -0.00324 e. The zero-order valence-corrected chi connectivity index (χ0v) is 9.43. The van der Waals surface area contributed by atoms with Crippen molar-refractivity contribution >= 4 is 0 Å². The van der Waals surface area contributed by atoms with Crippen molar-refractivity contribution in [3.8, 4) is 0 Å². The largest absolute Gasteiger partial charge is 0.0804 e. The van der Waals surface area contributed by atoms with E-state index in [9.17, 15) is 0 Å². The van der Waals surface area contributed by atoms with Crippen molar-refractivity contribution < 1.29 is 0 Å².